The van der Waals surface area contributed by atoms with Crippen LogP contribution in [0.25, 0.3) is 11.2 Å². The van der Waals surface area contributed by atoms with Crippen molar-refractivity contribution >= 4 is 23.1 Å². The summed E-state index contributed by atoms with van der Waals surface area (Å²) in [5.74, 6) is -0.722. The summed E-state index contributed by atoms with van der Waals surface area (Å²) in [5.41, 5.74) is 0.502. The second-order valence-corrected chi connectivity index (χ2v) is 5.01. The molecule has 2 heterocycles. The second-order valence-electron chi connectivity index (χ2n) is 5.01. The van der Waals surface area contributed by atoms with Crippen molar-refractivity contribution in [1.29, 1.82) is 0 Å². The molecule has 2 aromatic heterocycles. The Balaban J connectivity index is 1.86. The first-order chi connectivity index (χ1) is 8.36. The highest BCUT2D eigenvalue weighted by atomic mass is 16.6. The molecule has 2 rings (SSSR count). The number of fused-ring (bicyclic) bond motifs is 2. The fraction of sp³-hybridized carbons (Fsp3) is 0.385. The molecule has 0 spiro atoms. The summed E-state index contributed by atoms with van der Waals surface area (Å²) >= 11 is 0. The molecule has 18 heavy (non-hydrogen) atoms. The molecule has 2 aromatic rings. The second kappa shape index (κ2) is 4.33. The molecule has 0 saturated heterocycles. The minimum absolute atomic E-state index is 0.351. The third kappa shape index (κ3) is 2.61. The molecule has 96 valence electrons. The molecular formula is C13H14O5. The Morgan fingerprint density at radius 2 is 2.00 bits per heavy atom. The van der Waals surface area contributed by atoms with Gasteiger partial charge in [-0.25, -0.2) is 4.79 Å². The van der Waals surface area contributed by atoms with Crippen molar-refractivity contribution in [1.82, 2.24) is 0 Å². The SMILES string of the molecule is CC(C)(C)C(=O)OCC(=O)Oc1cc2ccc1o2. The molecule has 0 amide bonds. The quantitative estimate of drug-likeness (QED) is 0.618. The average molecular weight is 250 g/mol. The van der Waals surface area contributed by atoms with E-state index < -0.39 is 24.0 Å². The van der Waals surface area contributed by atoms with Crippen LogP contribution in [0.5, 0.6) is 5.75 Å². The van der Waals surface area contributed by atoms with Gasteiger partial charge in [0.15, 0.2) is 17.9 Å². The van der Waals surface area contributed by atoms with Gasteiger partial charge in [-0.2, -0.15) is 0 Å². The number of rotatable bonds is 3. The molecule has 0 saturated carbocycles. The zero-order valence-electron chi connectivity index (χ0n) is 10.5. The minimum Gasteiger partial charge on any atom is -0.453 e. The molecule has 0 radical (unpaired) electrons. The third-order valence-electron chi connectivity index (χ3n) is 2.30. The number of furan rings is 2. The summed E-state index contributed by atoms with van der Waals surface area (Å²) in [4.78, 5) is 22.9. The van der Waals surface area contributed by atoms with Crippen LogP contribution in [0.15, 0.2) is 22.6 Å². The van der Waals surface area contributed by atoms with Gasteiger partial charge in [-0.15, -0.1) is 0 Å². The summed E-state index contributed by atoms with van der Waals surface area (Å²) < 4.78 is 15.1. The zero-order valence-corrected chi connectivity index (χ0v) is 10.5. The van der Waals surface area contributed by atoms with Gasteiger partial charge in [-0.1, -0.05) is 0 Å². The first kappa shape index (κ1) is 12.4. The molecule has 0 aliphatic carbocycles. The van der Waals surface area contributed by atoms with Gasteiger partial charge in [-0.3, -0.25) is 4.79 Å². The Labute approximate surface area is 104 Å². The van der Waals surface area contributed by atoms with Crippen molar-refractivity contribution in [3.8, 4) is 5.75 Å². The van der Waals surface area contributed by atoms with E-state index in [1.54, 1.807) is 39.0 Å². The van der Waals surface area contributed by atoms with E-state index in [9.17, 15) is 9.59 Å². The lowest BCUT2D eigenvalue weighted by atomic mass is 9.97. The Bertz CT molecular complexity index is 561. The number of benzene rings is 1. The van der Waals surface area contributed by atoms with E-state index in [1.807, 2.05) is 0 Å². The molecule has 0 N–H and O–H groups in total. The van der Waals surface area contributed by atoms with Gasteiger partial charge in [0.05, 0.1) is 5.41 Å². The molecule has 2 bridgehead atoms. The van der Waals surface area contributed by atoms with E-state index in [4.69, 9.17) is 13.9 Å². The first-order valence-corrected chi connectivity index (χ1v) is 5.56. The van der Waals surface area contributed by atoms with Gasteiger partial charge in [0.1, 0.15) is 5.58 Å². The summed E-state index contributed by atoms with van der Waals surface area (Å²) in [6, 6.07) is 5.09. The lowest BCUT2D eigenvalue weighted by Gasteiger charge is -2.15. The van der Waals surface area contributed by atoms with E-state index >= 15 is 0 Å². The molecule has 0 aromatic carbocycles. The first-order valence-electron chi connectivity index (χ1n) is 5.56. The molecule has 0 unspecified atom stereocenters. The minimum atomic E-state index is -0.636. The van der Waals surface area contributed by atoms with Crippen molar-refractivity contribution in [2.45, 2.75) is 20.8 Å². The number of carbonyl (C=O) groups excluding carboxylic acids is 2. The molecule has 5 heteroatoms. The highest BCUT2D eigenvalue weighted by Gasteiger charge is 2.24. The molecule has 0 aliphatic rings. The maximum Gasteiger partial charge on any atom is 0.349 e. The lowest BCUT2D eigenvalue weighted by Crippen LogP contribution is -2.27. The van der Waals surface area contributed by atoms with E-state index in [0.717, 1.165) is 0 Å². The van der Waals surface area contributed by atoms with E-state index in [1.165, 1.54) is 0 Å². The van der Waals surface area contributed by atoms with Crippen molar-refractivity contribution in [3.63, 3.8) is 0 Å². The topological polar surface area (TPSA) is 65.7 Å². The zero-order chi connectivity index (χ0) is 13.3. The maximum absolute atomic E-state index is 11.5. The number of hydrogen-bond acceptors (Lipinski definition) is 5. The Kier molecular flexibility index (Phi) is 2.98. The predicted octanol–water partition coefficient (Wildman–Crippen LogP) is 2.37. The van der Waals surface area contributed by atoms with Crippen LogP contribution in [0.1, 0.15) is 20.8 Å². The number of ether oxygens (including phenoxy) is 2. The van der Waals surface area contributed by atoms with Crippen LogP contribution in [0.2, 0.25) is 0 Å². The fourth-order valence-corrected chi connectivity index (χ4v) is 1.34. The largest absolute Gasteiger partial charge is 0.453 e. The highest BCUT2D eigenvalue weighted by Crippen LogP contribution is 2.28. The fourth-order valence-electron chi connectivity index (χ4n) is 1.34. The molecule has 0 aliphatic heterocycles. The van der Waals surface area contributed by atoms with Crippen molar-refractivity contribution in [2.24, 2.45) is 5.41 Å². The van der Waals surface area contributed by atoms with Crippen LogP contribution in [0.3, 0.4) is 0 Å². The van der Waals surface area contributed by atoms with Crippen molar-refractivity contribution < 1.29 is 23.5 Å². The van der Waals surface area contributed by atoms with Gasteiger partial charge in [0.2, 0.25) is 0 Å². The van der Waals surface area contributed by atoms with Crippen LogP contribution in [-0.4, -0.2) is 18.5 Å². The third-order valence-corrected chi connectivity index (χ3v) is 2.30. The molecule has 5 nitrogen and oxygen atoms in total. The van der Waals surface area contributed by atoms with Gasteiger partial charge < -0.3 is 13.9 Å². The molecule has 0 fully saturated rings. The molecular weight excluding hydrogens is 236 g/mol. The van der Waals surface area contributed by atoms with Crippen LogP contribution < -0.4 is 4.74 Å². The van der Waals surface area contributed by atoms with Crippen LogP contribution in [-0.2, 0) is 14.3 Å². The normalized spacial score (nSPS) is 11.7. The Hall–Kier alpha value is -2.04. The van der Waals surface area contributed by atoms with E-state index in [2.05, 4.69) is 0 Å². The smallest absolute Gasteiger partial charge is 0.349 e. The lowest BCUT2D eigenvalue weighted by molar-refractivity contribution is -0.160. The highest BCUT2D eigenvalue weighted by molar-refractivity contribution is 5.82. The van der Waals surface area contributed by atoms with Crippen LogP contribution >= 0.6 is 0 Å². The van der Waals surface area contributed by atoms with Gasteiger partial charge in [-0.05, 0) is 32.9 Å². The number of hydrogen-bond donors (Lipinski definition) is 0. The van der Waals surface area contributed by atoms with Gasteiger partial charge in [0, 0.05) is 6.07 Å². The van der Waals surface area contributed by atoms with E-state index in [-0.39, 0.29) is 0 Å². The summed E-state index contributed by atoms with van der Waals surface area (Å²) in [6.07, 6.45) is 0. The summed E-state index contributed by atoms with van der Waals surface area (Å²) in [5, 5.41) is 0. The predicted molar refractivity (Wildman–Crippen MR) is 63.4 cm³/mol. The van der Waals surface area contributed by atoms with Crippen molar-refractivity contribution in [2.75, 3.05) is 6.61 Å². The summed E-state index contributed by atoms with van der Waals surface area (Å²) in [6.45, 7) is 4.73. The Morgan fingerprint density at radius 1 is 1.28 bits per heavy atom. The number of carbonyl (C=O) groups is 2. The van der Waals surface area contributed by atoms with Crippen LogP contribution in [0, 0.1) is 5.41 Å². The monoisotopic (exact) mass is 250 g/mol. The average Bonchev–Trinajstić information content (AvgIpc) is 2.86. The number of esters is 2. The van der Waals surface area contributed by atoms with E-state index in [0.29, 0.717) is 16.9 Å². The standard InChI is InChI=1S/C13H14O5/c1-13(2,3)12(15)16-7-11(14)18-10-6-8-4-5-9(10)17-8/h4-6H,7H2,1-3H3. The summed E-state index contributed by atoms with van der Waals surface area (Å²) in [7, 11) is 0. The molecule has 0 atom stereocenters. The maximum atomic E-state index is 11.5. The Morgan fingerprint density at radius 3 is 2.50 bits per heavy atom. The van der Waals surface area contributed by atoms with Crippen molar-refractivity contribution in [3.05, 3.63) is 18.2 Å². The van der Waals surface area contributed by atoms with Gasteiger partial charge in [0.25, 0.3) is 0 Å². The van der Waals surface area contributed by atoms with Gasteiger partial charge >= 0.3 is 11.9 Å². The van der Waals surface area contributed by atoms with Crippen LogP contribution in [0.4, 0.5) is 0 Å².